The van der Waals surface area contributed by atoms with Crippen LogP contribution < -0.4 is 14.9 Å². The first-order valence-electron chi connectivity index (χ1n) is 9.78. The molecular formula is C24H21BrN2O5. The van der Waals surface area contributed by atoms with Crippen LogP contribution in [0.25, 0.3) is 0 Å². The van der Waals surface area contributed by atoms with E-state index in [1.165, 1.54) is 6.21 Å². The van der Waals surface area contributed by atoms with E-state index in [9.17, 15) is 14.7 Å². The van der Waals surface area contributed by atoms with Gasteiger partial charge in [-0.25, -0.2) is 10.2 Å². The molecule has 0 aliphatic carbocycles. The fourth-order valence-corrected chi connectivity index (χ4v) is 3.12. The molecule has 0 fully saturated rings. The Bertz CT molecular complexity index is 1100. The van der Waals surface area contributed by atoms with Crippen molar-refractivity contribution in [1.82, 2.24) is 5.43 Å². The van der Waals surface area contributed by atoms with E-state index in [1.807, 2.05) is 6.92 Å². The van der Waals surface area contributed by atoms with Crippen LogP contribution in [0.5, 0.6) is 11.5 Å². The number of esters is 1. The number of aliphatic hydroxyl groups excluding tert-OH is 1. The summed E-state index contributed by atoms with van der Waals surface area (Å²) in [5.41, 5.74) is 3.55. The Morgan fingerprint density at radius 1 is 1.09 bits per heavy atom. The van der Waals surface area contributed by atoms with Crippen molar-refractivity contribution in [1.29, 1.82) is 0 Å². The molecule has 3 aromatic carbocycles. The van der Waals surface area contributed by atoms with E-state index in [1.54, 1.807) is 72.8 Å². The van der Waals surface area contributed by atoms with Crippen molar-refractivity contribution < 1.29 is 24.2 Å². The molecule has 1 unspecified atom stereocenters. The highest BCUT2D eigenvalue weighted by Gasteiger charge is 2.16. The Morgan fingerprint density at radius 3 is 2.50 bits per heavy atom. The van der Waals surface area contributed by atoms with E-state index in [4.69, 9.17) is 9.47 Å². The Morgan fingerprint density at radius 2 is 1.81 bits per heavy atom. The first kappa shape index (κ1) is 23.2. The summed E-state index contributed by atoms with van der Waals surface area (Å²) in [5.74, 6) is -0.313. The molecule has 0 spiro atoms. The number of aliphatic hydroxyl groups is 1. The van der Waals surface area contributed by atoms with Gasteiger partial charge in [0.1, 0.15) is 11.5 Å². The highest BCUT2D eigenvalue weighted by atomic mass is 79.9. The van der Waals surface area contributed by atoms with Gasteiger partial charge in [0.15, 0.2) is 6.10 Å². The molecule has 0 radical (unpaired) electrons. The lowest BCUT2D eigenvalue weighted by atomic mass is 10.1. The summed E-state index contributed by atoms with van der Waals surface area (Å²) in [7, 11) is 0. The first-order chi connectivity index (χ1) is 15.5. The van der Waals surface area contributed by atoms with Crippen LogP contribution >= 0.6 is 15.9 Å². The average Bonchev–Trinajstić information content (AvgIpc) is 2.81. The van der Waals surface area contributed by atoms with E-state index in [0.29, 0.717) is 29.0 Å². The number of halogens is 1. The van der Waals surface area contributed by atoms with E-state index < -0.39 is 18.0 Å². The standard InChI is InChI=1S/C24H21BrN2O5/c1-2-31-20-11-8-17(9-12-20)24(30)32-21-13-10-19(25)14-18(21)15-26-27-23(29)22(28)16-6-4-3-5-7-16/h3-15,22,28H,2H2,1H3,(H,27,29)/b26-15+. The molecule has 0 aliphatic rings. The minimum atomic E-state index is -1.35. The second kappa shape index (κ2) is 11.2. The third-order valence-electron chi connectivity index (χ3n) is 4.32. The Labute approximate surface area is 193 Å². The number of carbonyl (C=O) groups excluding carboxylic acids is 2. The predicted octanol–water partition coefficient (Wildman–Crippen LogP) is 4.25. The summed E-state index contributed by atoms with van der Waals surface area (Å²) in [4.78, 5) is 24.7. The monoisotopic (exact) mass is 496 g/mol. The predicted molar refractivity (Wildman–Crippen MR) is 124 cm³/mol. The number of ether oxygens (including phenoxy) is 2. The van der Waals surface area contributed by atoms with Crippen molar-refractivity contribution >= 4 is 34.0 Å². The lowest BCUT2D eigenvalue weighted by Crippen LogP contribution is -2.25. The summed E-state index contributed by atoms with van der Waals surface area (Å²) in [5, 5.41) is 14.0. The summed E-state index contributed by atoms with van der Waals surface area (Å²) < 4.78 is 11.6. The maximum Gasteiger partial charge on any atom is 0.343 e. The van der Waals surface area contributed by atoms with Gasteiger partial charge in [0, 0.05) is 10.0 Å². The summed E-state index contributed by atoms with van der Waals surface area (Å²) in [6.07, 6.45) is -0.0194. The Hall–Kier alpha value is -3.49. The molecule has 3 aromatic rings. The zero-order chi connectivity index (χ0) is 22.9. The van der Waals surface area contributed by atoms with Crippen LogP contribution in [0.2, 0.25) is 0 Å². The van der Waals surface area contributed by atoms with Crippen LogP contribution in [0.4, 0.5) is 0 Å². The summed E-state index contributed by atoms with van der Waals surface area (Å²) in [6.45, 7) is 2.41. The van der Waals surface area contributed by atoms with Crippen LogP contribution in [-0.4, -0.2) is 29.8 Å². The maximum atomic E-state index is 12.5. The van der Waals surface area contributed by atoms with Crippen LogP contribution in [0.1, 0.15) is 34.5 Å². The molecule has 0 saturated carbocycles. The first-order valence-corrected chi connectivity index (χ1v) is 10.6. The quantitative estimate of drug-likeness (QED) is 0.210. The molecule has 8 heteroatoms. The number of hydrogen-bond acceptors (Lipinski definition) is 6. The topological polar surface area (TPSA) is 97.2 Å². The minimum absolute atomic E-state index is 0.258. The van der Waals surface area contributed by atoms with Crippen LogP contribution in [0.15, 0.2) is 82.4 Å². The molecule has 0 saturated heterocycles. The van der Waals surface area contributed by atoms with Gasteiger partial charge in [-0.3, -0.25) is 4.79 Å². The highest BCUT2D eigenvalue weighted by molar-refractivity contribution is 9.10. The van der Waals surface area contributed by atoms with Gasteiger partial charge in [-0.15, -0.1) is 0 Å². The lowest BCUT2D eigenvalue weighted by Gasteiger charge is -2.10. The van der Waals surface area contributed by atoms with Crippen molar-refractivity contribution in [2.75, 3.05) is 6.61 Å². The van der Waals surface area contributed by atoms with Gasteiger partial charge in [-0.05, 0) is 55.0 Å². The molecule has 7 nitrogen and oxygen atoms in total. The largest absolute Gasteiger partial charge is 0.494 e. The molecule has 0 bridgehead atoms. The van der Waals surface area contributed by atoms with Crippen molar-refractivity contribution in [3.05, 3.63) is 94.0 Å². The number of benzene rings is 3. The fraction of sp³-hybridized carbons (Fsp3) is 0.125. The second-order valence-electron chi connectivity index (χ2n) is 6.58. The number of hydrogen-bond donors (Lipinski definition) is 2. The van der Waals surface area contributed by atoms with E-state index in [0.717, 1.165) is 4.47 Å². The maximum absolute atomic E-state index is 12.5. The lowest BCUT2D eigenvalue weighted by molar-refractivity contribution is -0.129. The third kappa shape index (κ3) is 6.26. The van der Waals surface area contributed by atoms with Gasteiger partial charge in [0.2, 0.25) is 0 Å². The normalized spacial score (nSPS) is 11.7. The van der Waals surface area contributed by atoms with Gasteiger partial charge < -0.3 is 14.6 Å². The SMILES string of the molecule is CCOc1ccc(C(=O)Oc2ccc(Br)cc2/C=N/NC(=O)C(O)c2ccccc2)cc1. The van der Waals surface area contributed by atoms with Crippen LogP contribution in [0.3, 0.4) is 0 Å². The number of hydrazone groups is 1. The van der Waals surface area contributed by atoms with Gasteiger partial charge in [-0.2, -0.15) is 5.10 Å². The molecule has 0 aliphatic heterocycles. The molecule has 1 amide bonds. The second-order valence-corrected chi connectivity index (χ2v) is 7.49. The molecule has 3 rings (SSSR count). The van der Waals surface area contributed by atoms with Crippen molar-refractivity contribution in [3.63, 3.8) is 0 Å². The molecule has 164 valence electrons. The van der Waals surface area contributed by atoms with Crippen LogP contribution in [-0.2, 0) is 4.79 Å². The number of rotatable bonds is 8. The van der Waals surface area contributed by atoms with Gasteiger partial charge in [0.25, 0.3) is 5.91 Å². The van der Waals surface area contributed by atoms with Crippen molar-refractivity contribution in [2.24, 2.45) is 5.10 Å². The molecule has 1 atom stereocenters. The number of nitrogens with one attached hydrogen (secondary N) is 1. The number of amides is 1. The molecule has 32 heavy (non-hydrogen) atoms. The van der Waals surface area contributed by atoms with E-state index in [2.05, 4.69) is 26.5 Å². The fourth-order valence-electron chi connectivity index (χ4n) is 2.74. The van der Waals surface area contributed by atoms with Gasteiger partial charge in [-0.1, -0.05) is 46.3 Å². The van der Waals surface area contributed by atoms with Gasteiger partial charge >= 0.3 is 5.97 Å². The zero-order valence-electron chi connectivity index (χ0n) is 17.2. The number of nitrogens with zero attached hydrogens (tertiary/aromatic N) is 1. The summed E-state index contributed by atoms with van der Waals surface area (Å²) >= 11 is 3.36. The van der Waals surface area contributed by atoms with Crippen molar-refractivity contribution in [3.8, 4) is 11.5 Å². The average molecular weight is 497 g/mol. The molecule has 0 heterocycles. The Kier molecular flexibility index (Phi) is 8.13. The van der Waals surface area contributed by atoms with Gasteiger partial charge in [0.05, 0.1) is 18.4 Å². The molecule has 0 aromatic heterocycles. The molecular weight excluding hydrogens is 476 g/mol. The van der Waals surface area contributed by atoms with E-state index in [-0.39, 0.29) is 5.75 Å². The third-order valence-corrected chi connectivity index (χ3v) is 4.81. The van der Waals surface area contributed by atoms with Crippen molar-refractivity contribution in [2.45, 2.75) is 13.0 Å². The minimum Gasteiger partial charge on any atom is -0.494 e. The molecule has 2 N–H and O–H groups in total. The smallest absolute Gasteiger partial charge is 0.343 e. The van der Waals surface area contributed by atoms with Crippen LogP contribution in [0, 0.1) is 0 Å². The Balaban J connectivity index is 1.69. The number of carbonyl (C=O) groups is 2. The summed E-state index contributed by atoms with van der Waals surface area (Å²) in [6, 6.07) is 20.1. The highest BCUT2D eigenvalue weighted by Crippen LogP contribution is 2.23. The van der Waals surface area contributed by atoms with E-state index >= 15 is 0 Å². The zero-order valence-corrected chi connectivity index (χ0v) is 18.8.